The number of hydrogen-bond donors (Lipinski definition) is 2. The lowest BCUT2D eigenvalue weighted by Crippen LogP contribution is -2.40. The Balaban J connectivity index is 1.85. The first-order valence-corrected chi connectivity index (χ1v) is 7.90. The highest BCUT2D eigenvalue weighted by atomic mass is 19.1. The summed E-state index contributed by atoms with van der Waals surface area (Å²) < 4.78 is 13.1. The lowest BCUT2D eigenvalue weighted by molar-refractivity contribution is 0.233. The van der Waals surface area contributed by atoms with E-state index >= 15 is 0 Å². The van der Waals surface area contributed by atoms with Gasteiger partial charge in [0, 0.05) is 6.54 Å². The fourth-order valence-corrected chi connectivity index (χ4v) is 2.50. The molecular weight excluding hydrogens is 291 g/mol. The molecule has 2 rings (SSSR count). The van der Waals surface area contributed by atoms with Gasteiger partial charge >= 0.3 is 6.03 Å². The molecule has 3 nitrogen and oxygen atoms in total. The van der Waals surface area contributed by atoms with Gasteiger partial charge in [-0.05, 0) is 35.6 Å². The van der Waals surface area contributed by atoms with Crippen LogP contribution in [0.25, 0.3) is 0 Å². The van der Waals surface area contributed by atoms with Gasteiger partial charge in [-0.2, -0.15) is 0 Å². The Morgan fingerprint density at radius 1 is 1.09 bits per heavy atom. The molecule has 2 aromatic carbocycles. The molecule has 0 bridgehead atoms. The van der Waals surface area contributed by atoms with Crippen LogP contribution in [-0.2, 0) is 6.42 Å². The molecule has 0 fully saturated rings. The third-order valence-electron chi connectivity index (χ3n) is 3.70. The summed E-state index contributed by atoms with van der Waals surface area (Å²) in [6, 6.07) is 16.1. The van der Waals surface area contributed by atoms with E-state index in [0.717, 1.165) is 11.1 Å². The zero-order valence-corrected chi connectivity index (χ0v) is 13.6. The zero-order valence-electron chi connectivity index (χ0n) is 13.6. The van der Waals surface area contributed by atoms with Crippen molar-refractivity contribution in [3.63, 3.8) is 0 Å². The Hall–Kier alpha value is -2.36. The summed E-state index contributed by atoms with van der Waals surface area (Å²) in [7, 11) is 0. The van der Waals surface area contributed by atoms with Crippen molar-refractivity contribution in [2.24, 2.45) is 5.92 Å². The van der Waals surface area contributed by atoms with Crippen molar-refractivity contribution in [3.8, 4) is 0 Å². The first-order chi connectivity index (χ1) is 11.1. The van der Waals surface area contributed by atoms with Gasteiger partial charge in [0.25, 0.3) is 0 Å². The highest BCUT2D eigenvalue weighted by molar-refractivity contribution is 5.74. The number of nitrogens with one attached hydrogen (secondary N) is 2. The van der Waals surface area contributed by atoms with Gasteiger partial charge in [-0.3, -0.25) is 0 Å². The lowest BCUT2D eigenvalue weighted by Gasteiger charge is -2.23. The molecule has 1 atom stereocenters. The Labute approximate surface area is 136 Å². The maximum absolute atomic E-state index is 13.1. The summed E-state index contributed by atoms with van der Waals surface area (Å²) in [6.07, 6.45) is 0.600. The molecule has 4 heteroatoms. The maximum Gasteiger partial charge on any atom is 0.315 e. The summed E-state index contributed by atoms with van der Waals surface area (Å²) in [5.41, 5.74) is 1.96. The number of carbonyl (C=O) groups is 1. The van der Waals surface area contributed by atoms with Crippen LogP contribution < -0.4 is 10.6 Å². The summed E-state index contributed by atoms with van der Waals surface area (Å²) >= 11 is 0. The normalized spacial score (nSPS) is 12.0. The number of carbonyl (C=O) groups excluding carboxylic acids is 1. The van der Waals surface area contributed by atoms with Crippen LogP contribution in [0.3, 0.4) is 0 Å². The van der Waals surface area contributed by atoms with Gasteiger partial charge in [0.15, 0.2) is 0 Å². The van der Waals surface area contributed by atoms with E-state index in [0.29, 0.717) is 13.0 Å². The Morgan fingerprint density at radius 2 is 1.83 bits per heavy atom. The van der Waals surface area contributed by atoms with Crippen LogP contribution in [0.5, 0.6) is 0 Å². The summed E-state index contributed by atoms with van der Waals surface area (Å²) in [5, 5.41) is 5.84. The van der Waals surface area contributed by atoms with Crippen LogP contribution in [0.1, 0.15) is 31.0 Å². The fourth-order valence-electron chi connectivity index (χ4n) is 2.50. The molecule has 0 heterocycles. The molecule has 0 saturated heterocycles. The number of urea groups is 1. The topological polar surface area (TPSA) is 41.1 Å². The minimum atomic E-state index is -0.254. The SMILES string of the molecule is CC(C)[C@@H](NC(=O)NCCc1cccc(F)c1)c1ccccc1. The summed E-state index contributed by atoms with van der Waals surface area (Å²) in [6.45, 7) is 4.62. The Kier molecular flexibility index (Phi) is 6.15. The van der Waals surface area contributed by atoms with E-state index in [-0.39, 0.29) is 23.8 Å². The van der Waals surface area contributed by atoms with Crippen molar-refractivity contribution in [1.82, 2.24) is 10.6 Å². The second-order valence-electron chi connectivity index (χ2n) is 5.91. The summed E-state index contributed by atoms with van der Waals surface area (Å²) in [4.78, 5) is 12.1. The van der Waals surface area contributed by atoms with Gasteiger partial charge in [-0.25, -0.2) is 9.18 Å². The molecule has 0 aromatic heterocycles. The van der Waals surface area contributed by atoms with Crippen LogP contribution in [0.4, 0.5) is 9.18 Å². The predicted molar refractivity (Wildman–Crippen MR) is 90.7 cm³/mol. The van der Waals surface area contributed by atoms with Crippen molar-refractivity contribution < 1.29 is 9.18 Å². The molecular formula is C19H23FN2O. The highest BCUT2D eigenvalue weighted by Crippen LogP contribution is 2.20. The van der Waals surface area contributed by atoms with Crippen molar-refractivity contribution in [2.45, 2.75) is 26.3 Å². The maximum atomic E-state index is 13.1. The molecule has 0 radical (unpaired) electrons. The average Bonchev–Trinajstić information content (AvgIpc) is 2.53. The molecule has 2 aromatic rings. The van der Waals surface area contributed by atoms with E-state index in [4.69, 9.17) is 0 Å². The lowest BCUT2D eigenvalue weighted by atomic mass is 9.96. The quantitative estimate of drug-likeness (QED) is 0.829. The van der Waals surface area contributed by atoms with Crippen molar-refractivity contribution >= 4 is 6.03 Å². The predicted octanol–water partition coefficient (Wildman–Crippen LogP) is 4.06. The third kappa shape index (κ3) is 5.40. The van der Waals surface area contributed by atoms with E-state index in [1.807, 2.05) is 36.4 Å². The van der Waals surface area contributed by atoms with Crippen LogP contribution in [0.2, 0.25) is 0 Å². The summed E-state index contributed by atoms with van der Waals surface area (Å²) in [5.74, 6) is 0.0299. The van der Waals surface area contributed by atoms with E-state index < -0.39 is 0 Å². The standard InChI is InChI=1S/C19H23FN2O/c1-14(2)18(16-8-4-3-5-9-16)22-19(23)21-12-11-15-7-6-10-17(20)13-15/h3-10,13-14,18H,11-12H2,1-2H3,(H2,21,22,23)/t18-/m1/s1. The van der Waals surface area contributed by atoms with Crippen molar-refractivity contribution in [1.29, 1.82) is 0 Å². The average molecular weight is 314 g/mol. The molecule has 2 N–H and O–H groups in total. The van der Waals surface area contributed by atoms with Crippen molar-refractivity contribution in [3.05, 3.63) is 71.5 Å². The molecule has 0 aliphatic heterocycles. The zero-order chi connectivity index (χ0) is 16.7. The van der Waals surface area contributed by atoms with Gasteiger partial charge in [-0.1, -0.05) is 56.3 Å². The molecule has 23 heavy (non-hydrogen) atoms. The van der Waals surface area contributed by atoms with Gasteiger partial charge in [0.2, 0.25) is 0 Å². The van der Waals surface area contributed by atoms with E-state index in [2.05, 4.69) is 24.5 Å². The number of rotatable bonds is 6. The van der Waals surface area contributed by atoms with Gasteiger partial charge in [0.1, 0.15) is 5.82 Å². The number of halogens is 1. The van der Waals surface area contributed by atoms with Gasteiger partial charge < -0.3 is 10.6 Å². The first kappa shape index (κ1) is 17.0. The monoisotopic (exact) mass is 314 g/mol. The molecule has 0 spiro atoms. The largest absolute Gasteiger partial charge is 0.338 e. The second-order valence-corrected chi connectivity index (χ2v) is 5.91. The smallest absolute Gasteiger partial charge is 0.315 e. The van der Waals surface area contributed by atoms with E-state index in [1.165, 1.54) is 12.1 Å². The number of benzene rings is 2. The number of amides is 2. The second kappa shape index (κ2) is 8.32. The molecule has 0 unspecified atom stereocenters. The van der Waals surface area contributed by atoms with Crippen LogP contribution in [0, 0.1) is 11.7 Å². The van der Waals surface area contributed by atoms with Crippen LogP contribution in [-0.4, -0.2) is 12.6 Å². The molecule has 122 valence electrons. The Morgan fingerprint density at radius 3 is 2.48 bits per heavy atom. The highest BCUT2D eigenvalue weighted by Gasteiger charge is 2.17. The van der Waals surface area contributed by atoms with E-state index in [1.54, 1.807) is 6.07 Å². The first-order valence-electron chi connectivity index (χ1n) is 7.90. The van der Waals surface area contributed by atoms with Crippen LogP contribution >= 0.6 is 0 Å². The molecule has 2 amide bonds. The fraction of sp³-hybridized carbons (Fsp3) is 0.316. The minimum absolute atomic E-state index is 0.0367. The molecule has 0 aliphatic carbocycles. The van der Waals surface area contributed by atoms with Crippen molar-refractivity contribution in [2.75, 3.05) is 6.54 Å². The molecule has 0 aliphatic rings. The minimum Gasteiger partial charge on any atom is -0.338 e. The van der Waals surface area contributed by atoms with Gasteiger partial charge in [0.05, 0.1) is 6.04 Å². The third-order valence-corrected chi connectivity index (χ3v) is 3.70. The Bertz CT molecular complexity index is 628. The number of hydrogen-bond acceptors (Lipinski definition) is 1. The van der Waals surface area contributed by atoms with Gasteiger partial charge in [-0.15, -0.1) is 0 Å². The van der Waals surface area contributed by atoms with Crippen LogP contribution in [0.15, 0.2) is 54.6 Å². The van der Waals surface area contributed by atoms with E-state index in [9.17, 15) is 9.18 Å². The molecule has 0 saturated carbocycles.